The summed E-state index contributed by atoms with van der Waals surface area (Å²) in [5, 5.41) is 10.5. The Labute approximate surface area is 99.5 Å². The van der Waals surface area contributed by atoms with Gasteiger partial charge in [0.15, 0.2) is 0 Å². The number of benzene rings is 1. The van der Waals surface area contributed by atoms with Gasteiger partial charge in [0.05, 0.1) is 6.10 Å². The number of aliphatic hydroxyl groups is 1. The Morgan fingerprint density at radius 1 is 1.06 bits per heavy atom. The van der Waals surface area contributed by atoms with Crippen molar-refractivity contribution < 1.29 is 5.11 Å². The van der Waals surface area contributed by atoms with Gasteiger partial charge in [-0.15, -0.1) is 0 Å². The highest BCUT2D eigenvalue weighted by molar-refractivity contribution is 5.25. The van der Waals surface area contributed by atoms with Crippen molar-refractivity contribution in [1.29, 1.82) is 0 Å². The molecule has 1 N–H and O–H groups in total. The monoisotopic (exact) mass is 220 g/mol. The molecule has 0 radical (unpaired) electrons. The highest BCUT2D eigenvalue weighted by Crippen LogP contribution is 2.33. The Bertz CT molecular complexity index is 298. The van der Waals surface area contributed by atoms with Crippen LogP contribution in [0.15, 0.2) is 30.3 Å². The summed E-state index contributed by atoms with van der Waals surface area (Å²) in [6.07, 6.45) is 1.80. The quantitative estimate of drug-likeness (QED) is 0.801. The second-order valence-corrected chi connectivity index (χ2v) is 5.11. The summed E-state index contributed by atoms with van der Waals surface area (Å²) >= 11 is 0. The molecule has 1 aromatic carbocycles. The van der Waals surface area contributed by atoms with Crippen LogP contribution in [0, 0.1) is 5.92 Å². The van der Waals surface area contributed by atoms with E-state index in [4.69, 9.17) is 0 Å². The topological polar surface area (TPSA) is 20.2 Å². The van der Waals surface area contributed by atoms with Crippen LogP contribution in [0.25, 0.3) is 0 Å². The van der Waals surface area contributed by atoms with Crippen molar-refractivity contribution in [1.82, 2.24) is 0 Å². The number of aliphatic hydroxyl groups excluding tert-OH is 1. The van der Waals surface area contributed by atoms with E-state index in [-0.39, 0.29) is 11.5 Å². The normalized spacial score (nSPS) is 14.1. The van der Waals surface area contributed by atoms with E-state index in [1.165, 1.54) is 5.56 Å². The third-order valence-electron chi connectivity index (χ3n) is 3.75. The van der Waals surface area contributed by atoms with E-state index in [0.717, 1.165) is 12.8 Å². The zero-order valence-electron chi connectivity index (χ0n) is 10.9. The van der Waals surface area contributed by atoms with Crippen molar-refractivity contribution in [2.45, 2.75) is 52.1 Å². The summed E-state index contributed by atoms with van der Waals surface area (Å²) in [6, 6.07) is 10.3. The van der Waals surface area contributed by atoms with Crippen molar-refractivity contribution in [2.75, 3.05) is 0 Å². The molecule has 1 aromatic rings. The molecule has 0 saturated heterocycles. The predicted molar refractivity (Wildman–Crippen MR) is 69.5 cm³/mol. The molecule has 0 aliphatic rings. The molecule has 1 nitrogen and oxygen atoms in total. The minimum absolute atomic E-state index is 0.169. The SMILES string of the molecule is CCC(CC)C(O)C(C)(C)c1ccccc1. The van der Waals surface area contributed by atoms with Gasteiger partial charge < -0.3 is 5.11 Å². The molecule has 0 fully saturated rings. The summed E-state index contributed by atoms with van der Waals surface area (Å²) in [5.41, 5.74) is 1.05. The van der Waals surface area contributed by atoms with Crippen molar-refractivity contribution in [2.24, 2.45) is 5.92 Å². The molecule has 1 heteroatoms. The van der Waals surface area contributed by atoms with Crippen LogP contribution in [-0.2, 0) is 5.41 Å². The van der Waals surface area contributed by atoms with E-state index >= 15 is 0 Å². The van der Waals surface area contributed by atoms with E-state index in [9.17, 15) is 5.11 Å². The minimum Gasteiger partial charge on any atom is -0.392 e. The molecular weight excluding hydrogens is 196 g/mol. The molecule has 1 unspecified atom stereocenters. The average molecular weight is 220 g/mol. The van der Waals surface area contributed by atoms with Crippen LogP contribution in [0.1, 0.15) is 46.1 Å². The van der Waals surface area contributed by atoms with Gasteiger partial charge >= 0.3 is 0 Å². The fourth-order valence-electron chi connectivity index (χ4n) is 2.36. The van der Waals surface area contributed by atoms with Crippen LogP contribution < -0.4 is 0 Å². The molecule has 0 aromatic heterocycles. The second kappa shape index (κ2) is 5.49. The smallest absolute Gasteiger partial charge is 0.0659 e. The van der Waals surface area contributed by atoms with Gasteiger partial charge in [0.2, 0.25) is 0 Å². The van der Waals surface area contributed by atoms with Crippen molar-refractivity contribution >= 4 is 0 Å². The van der Waals surface area contributed by atoms with E-state index in [0.29, 0.717) is 5.92 Å². The Morgan fingerprint density at radius 2 is 1.56 bits per heavy atom. The van der Waals surface area contributed by atoms with Crippen LogP contribution in [0.2, 0.25) is 0 Å². The van der Waals surface area contributed by atoms with Crippen LogP contribution in [0.5, 0.6) is 0 Å². The highest BCUT2D eigenvalue weighted by atomic mass is 16.3. The lowest BCUT2D eigenvalue weighted by molar-refractivity contribution is 0.0396. The second-order valence-electron chi connectivity index (χ2n) is 5.11. The molecule has 0 saturated carbocycles. The molecule has 0 bridgehead atoms. The summed E-state index contributed by atoms with van der Waals surface area (Å²) < 4.78 is 0. The molecule has 0 aliphatic heterocycles. The van der Waals surface area contributed by atoms with Gasteiger partial charge in [-0.25, -0.2) is 0 Å². The molecule has 16 heavy (non-hydrogen) atoms. The summed E-state index contributed by atoms with van der Waals surface area (Å²) in [4.78, 5) is 0. The van der Waals surface area contributed by atoms with Crippen LogP contribution >= 0.6 is 0 Å². The van der Waals surface area contributed by atoms with Crippen LogP contribution in [0.4, 0.5) is 0 Å². The first-order chi connectivity index (χ1) is 7.54. The van der Waals surface area contributed by atoms with E-state index in [2.05, 4.69) is 39.8 Å². The predicted octanol–water partition coefficient (Wildman–Crippen LogP) is 3.76. The average Bonchev–Trinajstić information content (AvgIpc) is 2.31. The van der Waals surface area contributed by atoms with E-state index in [1.807, 2.05) is 18.2 Å². The molecule has 0 aliphatic carbocycles. The first kappa shape index (κ1) is 13.2. The molecule has 0 spiro atoms. The van der Waals surface area contributed by atoms with Gasteiger partial charge in [0, 0.05) is 5.41 Å². The van der Waals surface area contributed by atoms with Crippen LogP contribution in [0.3, 0.4) is 0 Å². The maximum atomic E-state index is 10.5. The van der Waals surface area contributed by atoms with Crippen molar-refractivity contribution in [3.63, 3.8) is 0 Å². The Kier molecular flexibility index (Phi) is 4.55. The van der Waals surface area contributed by atoms with Gasteiger partial charge in [-0.2, -0.15) is 0 Å². The third kappa shape index (κ3) is 2.65. The lowest BCUT2D eigenvalue weighted by Crippen LogP contribution is -2.39. The minimum atomic E-state index is -0.273. The summed E-state index contributed by atoms with van der Waals surface area (Å²) in [7, 11) is 0. The van der Waals surface area contributed by atoms with Crippen molar-refractivity contribution in [3.8, 4) is 0 Å². The fourth-order valence-corrected chi connectivity index (χ4v) is 2.36. The zero-order chi connectivity index (χ0) is 12.2. The zero-order valence-corrected chi connectivity index (χ0v) is 10.9. The molecule has 1 atom stereocenters. The maximum absolute atomic E-state index is 10.5. The van der Waals surface area contributed by atoms with Crippen LogP contribution in [-0.4, -0.2) is 11.2 Å². The lowest BCUT2D eigenvalue weighted by Gasteiger charge is -2.36. The summed E-state index contributed by atoms with van der Waals surface area (Å²) in [5.74, 6) is 0.384. The molecule has 0 amide bonds. The number of hydrogen-bond donors (Lipinski definition) is 1. The molecule has 1 rings (SSSR count). The number of hydrogen-bond acceptors (Lipinski definition) is 1. The van der Waals surface area contributed by atoms with Gasteiger partial charge in [-0.05, 0) is 11.5 Å². The Morgan fingerprint density at radius 3 is 2.00 bits per heavy atom. The standard InChI is InChI=1S/C15H24O/c1-5-12(6-2)14(16)15(3,4)13-10-8-7-9-11-13/h7-12,14,16H,5-6H2,1-4H3. The lowest BCUT2D eigenvalue weighted by atomic mass is 9.73. The van der Waals surface area contributed by atoms with E-state index in [1.54, 1.807) is 0 Å². The van der Waals surface area contributed by atoms with Crippen molar-refractivity contribution in [3.05, 3.63) is 35.9 Å². The first-order valence-electron chi connectivity index (χ1n) is 6.27. The van der Waals surface area contributed by atoms with Gasteiger partial charge in [0.25, 0.3) is 0 Å². The highest BCUT2D eigenvalue weighted by Gasteiger charge is 2.33. The summed E-state index contributed by atoms with van der Waals surface area (Å²) in [6.45, 7) is 8.56. The molecule has 0 heterocycles. The van der Waals surface area contributed by atoms with Gasteiger partial charge in [-0.1, -0.05) is 70.9 Å². The van der Waals surface area contributed by atoms with Gasteiger partial charge in [-0.3, -0.25) is 0 Å². The molecule has 90 valence electrons. The first-order valence-corrected chi connectivity index (χ1v) is 6.27. The maximum Gasteiger partial charge on any atom is 0.0659 e. The van der Waals surface area contributed by atoms with Gasteiger partial charge in [0.1, 0.15) is 0 Å². The van der Waals surface area contributed by atoms with E-state index < -0.39 is 0 Å². The number of rotatable bonds is 5. The fraction of sp³-hybridized carbons (Fsp3) is 0.600. The Balaban J connectivity index is 2.92. The Hall–Kier alpha value is -0.820. The largest absolute Gasteiger partial charge is 0.392 e. The molecular formula is C15H24O. The third-order valence-corrected chi connectivity index (χ3v) is 3.75.